The Morgan fingerprint density at radius 2 is 2.14 bits per heavy atom. The van der Waals surface area contributed by atoms with Crippen molar-refractivity contribution in [2.45, 2.75) is 12.8 Å². The van der Waals surface area contributed by atoms with Gasteiger partial charge in [0, 0.05) is 20.0 Å². The van der Waals surface area contributed by atoms with Crippen LogP contribution in [0.2, 0.25) is 0 Å². The van der Waals surface area contributed by atoms with Gasteiger partial charge in [-0.3, -0.25) is 14.4 Å². The van der Waals surface area contributed by atoms with Gasteiger partial charge >= 0.3 is 0 Å². The maximum absolute atomic E-state index is 10.9. The van der Waals surface area contributed by atoms with Crippen molar-refractivity contribution < 1.29 is 14.4 Å². The molecule has 0 radical (unpaired) electrons. The molecular formula is C8H15N3O3. The second-order valence-corrected chi connectivity index (χ2v) is 2.84. The third-order valence-corrected chi connectivity index (χ3v) is 1.85. The Kier molecular flexibility index (Phi) is 6.09. The maximum Gasteiger partial charge on any atom is 0.222 e. The summed E-state index contributed by atoms with van der Waals surface area (Å²) in [5.41, 5.74) is 5.08. The number of hydrogen-bond donors (Lipinski definition) is 3. The van der Waals surface area contributed by atoms with E-state index in [9.17, 15) is 14.4 Å². The number of rotatable bonds is 7. The minimum atomic E-state index is -0.511. The van der Waals surface area contributed by atoms with E-state index in [4.69, 9.17) is 5.73 Å². The number of primary amides is 1. The predicted octanol–water partition coefficient (Wildman–Crippen LogP) is -1.64. The molecule has 0 bridgehead atoms. The molecule has 0 heterocycles. The Balaban J connectivity index is 3.90. The summed E-state index contributed by atoms with van der Waals surface area (Å²) in [5.74, 6) is -1.15. The molecule has 0 aromatic heterocycles. The number of nitrogens with one attached hydrogen (secondary N) is 2. The Morgan fingerprint density at radius 1 is 1.50 bits per heavy atom. The first-order chi connectivity index (χ1) is 6.61. The molecular weight excluding hydrogens is 186 g/mol. The molecule has 1 atom stereocenters. The van der Waals surface area contributed by atoms with Crippen LogP contribution >= 0.6 is 0 Å². The van der Waals surface area contributed by atoms with Crippen LogP contribution in [0.15, 0.2) is 0 Å². The molecule has 0 aliphatic heterocycles. The van der Waals surface area contributed by atoms with Crippen molar-refractivity contribution in [2.75, 3.05) is 13.6 Å². The molecule has 14 heavy (non-hydrogen) atoms. The van der Waals surface area contributed by atoms with Crippen LogP contribution in [0.4, 0.5) is 0 Å². The van der Waals surface area contributed by atoms with Gasteiger partial charge in [0.15, 0.2) is 0 Å². The summed E-state index contributed by atoms with van der Waals surface area (Å²) in [6, 6.07) is 0. The van der Waals surface area contributed by atoms with Crippen molar-refractivity contribution in [3.63, 3.8) is 0 Å². The highest BCUT2D eigenvalue weighted by atomic mass is 16.2. The summed E-state index contributed by atoms with van der Waals surface area (Å²) in [7, 11) is 1.52. The summed E-state index contributed by atoms with van der Waals surface area (Å²) in [5, 5.41) is 4.79. The van der Waals surface area contributed by atoms with Crippen molar-refractivity contribution in [1.82, 2.24) is 10.6 Å². The van der Waals surface area contributed by atoms with Crippen molar-refractivity contribution in [1.29, 1.82) is 0 Å². The van der Waals surface area contributed by atoms with Gasteiger partial charge in [-0.1, -0.05) is 0 Å². The molecule has 0 saturated heterocycles. The van der Waals surface area contributed by atoms with Crippen molar-refractivity contribution in [2.24, 2.45) is 11.7 Å². The SMILES string of the molecule is CNC(=O)CC[C@@H](CNC=O)C(N)=O. The highest BCUT2D eigenvalue weighted by Crippen LogP contribution is 2.04. The monoisotopic (exact) mass is 201 g/mol. The average molecular weight is 201 g/mol. The molecule has 0 aromatic carbocycles. The normalized spacial score (nSPS) is 11.5. The highest BCUT2D eigenvalue weighted by Gasteiger charge is 2.15. The van der Waals surface area contributed by atoms with E-state index < -0.39 is 11.8 Å². The molecule has 80 valence electrons. The molecule has 3 amide bonds. The van der Waals surface area contributed by atoms with Crippen molar-refractivity contribution >= 4 is 18.2 Å². The molecule has 0 saturated carbocycles. The van der Waals surface area contributed by atoms with E-state index in [1.165, 1.54) is 7.05 Å². The van der Waals surface area contributed by atoms with Gasteiger partial charge < -0.3 is 16.4 Å². The van der Waals surface area contributed by atoms with Crippen LogP contribution in [0.1, 0.15) is 12.8 Å². The second kappa shape index (κ2) is 6.88. The summed E-state index contributed by atoms with van der Waals surface area (Å²) in [6.45, 7) is 0.176. The maximum atomic E-state index is 10.9. The molecule has 6 nitrogen and oxygen atoms in total. The van der Waals surface area contributed by atoms with Crippen LogP contribution in [0.25, 0.3) is 0 Å². The summed E-state index contributed by atoms with van der Waals surface area (Å²) in [4.78, 5) is 31.7. The summed E-state index contributed by atoms with van der Waals surface area (Å²) < 4.78 is 0. The number of amides is 3. The van der Waals surface area contributed by atoms with Crippen LogP contribution in [-0.2, 0) is 14.4 Å². The second-order valence-electron chi connectivity index (χ2n) is 2.84. The highest BCUT2D eigenvalue weighted by molar-refractivity contribution is 5.79. The average Bonchev–Trinajstić information content (AvgIpc) is 2.16. The van der Waals surface area contributed by atoms with E-state index in [1.807, 2.05) is 0 Å². The minimum Gasteiger partial charge on any atom is -0.369 e. The van der Waals surface area contributed by atoms with E-state index in [0.717, 1.165) is 0 Å². The summed E-state index contributed by atoms with van der Waals surface area (Å²) in [6.07, 6.45) is 1.07. The van der Waals surface area contributed by atoms with Gasteiger partial charge in [0.1, 0.15) is 0 Å². The van der Waals surface area contributed by atoms with Crippen molar-refractivity contribution in [3.05, 3.63) is 0 Å². The first-order valence-corrected chi connectivity index (χ1v) is 4.28. The fraction of sp³-hybridized carbons (Fsp3) is 0.625. The fourth-order valence-corrected chi connectivity index (χ4v) is 0.966. The molecule has 0 unspecified atom stereocenters. The zero-order valence-electron chi connectivity index (χ0n) is 8.08. The van der Waals surface area contributed by atoms with Gasteiger partial charge in [0.25, 0.3) is 0 Å². The van der Waals surface area contributed by atoms with Crippen LogP contribution in [0.3, 0.4) is 0 Å². The molecule has 0 aromatic rings. The van der Waals surface area contributed by atoms with E-state index in [2.05, 4.69) is 10.6 Å². The number of hydrogen-bond acceptors (Lipinski definition) is 3. The molecule has 0 rings (SSSR count). The van der Waals surface area contributed by atoms with E-state index in [0.29, 0.717) is 12.8 Å². The lowest BCUT2D eigenvalue weighted by Gasteiger charge is -2.11. The fourth-order valence-electron chi connectivity index (χ4n) is 0.966. The third kappa shape index (κ3) is 5.13. The van der Waals surface area contributed by atoms with E-state index >= 15 is 0 Å². The topological polar surface area (TPSA) is 101 Å². The lowest BCUT2D eigenvalue weighted by atomic mass is 10.0. The number of nitrogens with two attached hydrogens (primary N) is 1. The van der Waals surface area contributed by atoms with Crippen LogP contribution in [0.5, 0.6) is 0 Å². The van der Waals surface area contributed by atoms with Crippen LogP contribution in [-0.4, -0.2) is 31.8 Å². The predicted molar refractivity (Wildman–Crippen MR) is 50.1 cm³/mol. The van der Waals surface area contributed by atoms with Gasteiger partial charge in [0.05, 0.1) is 5.92 Å². The largest absolute Gasteiger partial charge is 0.369 e. The molecule has 0 spiro atoms. The smallest absolute Gasteiger partial charge is 0.222 e. The Labute approximate surface area is 82.2 Å². The van der Waals surface area contributed by atoms with Gasteiger partial charge in [-0.15, -0.1) is 0 Å². The quantitative estimate of drug-likeness (QED) is 0.430. The molecule has 0 aliphatic rings. The standard InChI is InChI=1S/C8H15N3O3/c1-10-7(13)3-2-6(8(9)14)4-11-5-12/h5-6H,2-4H2,1H3,(H2,9,14)(H,10,13)(H,11,12)/t6-/m0/s1. The Morgan fingerprint density at radius 3 is 2.57 bits per heavy atom. The van der Waals surface area contributed by atoms with E-state index in [-0.39, 0.29) is 18.9 Å². The van der Waals surface area contributed by atoms with Gasteiger partial charge in [-0.25, -0.2) is 0 Å². The number of carbonyl (C=O) groups is 3. The third-order valence-electron chi connectivity index (χ3n) is 1.85. The zero-order valence-corrected chi connectivity index (χ0v) is 8.08. The molecule has 0 aliphatic carbocycles. The van der Waals surface area contributed by atoms with E-state index in [1.54, 1.807) is 0 Å². The molecule has 4 N–H and O–H groups in total. The minimum absolute atomic E-state index is 0.151. The summed E-state index contributed by atoms with van der Waals surface area (Å²) >= 11 is 0. The first-order valence-electron chi connectivity index (χ1n) is 4.28. The lowest BCUT2D eigenvalue weighted by Crippen LogP contribution is -2.33. The van der Waals surface area contributed by atoms with Gasteiger partial charge in [-0.05, 0) is 6.42 Å². The van der Waals surface area contributed by atoms with Crippen LogP contribution < -0.4 is 16.4 Å². The molecule has 0 fully saturated rings. The van der Waals surface area contributed by atoms with Crippen molar-refractivity contribution in [3.8, 4) is 0 Å². The molecule has 6 heteroatoms. The zero-order chi connectivity index (χ0) is 11.0. The first kappa shape index (κ1) is 12.4. The Bertz CT molecular complexity index is 218. The van der Waals surface area contributed by atoms with Gasteiger partial charge in [0.2, 0.25) is 18.2 Å². The Hall–Kier alpha value is -1.59. The lowest BCUT2D eigenvalue weighted by molar-refractivity contribution is -0.123. The van der Waals surface area contributed by atoms with Crippen LogP contribution in [0, 0.1) is 5.92 Å². The van der Waals surface area contributed by atoms with Gasteiger partial charge in [-0.2, -0.15) is 0 Å². The number of carbonyl (C=O) groups excluding carboxylic acids is 3.